The molecule has 3 atom stereocenters. The van der Waals surface area contributed by atoms with E-state index in [9.17, 15) is 4.79 Å². The second kappa shape index (κ2) is 6.02. The Morgan fingerprint density at radius 2 is 2.22 bits per heavy atom. The molecule has 1 N–H and O–H groups in total. The fourth-order valence-corrected chi connectivity index (χ4v) is 3.33. The molecule has 2 aliphatic heterocycles. The number of nitrogens with one attached hydrogen (secondary N) is 1. The van der Waals surface area contributed by atoms with Gasteiger partial charge in [-0.15, -0.1) is 0 Å². The van der Waals surface area contributed by atoms with Gasteiger partial charge in [0.15, 0.2) is 0 Å². The number of hydrogen-bond acceptors (Lipinski definition) is 3. The van der Waals surface area contributed by atoms with E-state index in [1.165, 1.54) is 19.4 Å². The summed E-state index contributed by atoms with van der Waals surface area (Å²) in [4.78, 5) is 16.8. The Hall–Kier alpha value is -0.610. The van der Waals surface area contributed by atoms with Gasteiger partial charge in [0.2, 0.25) is 5.91 Å². The van der Waals surface area contributed by atoms with Crippen molar-refractivity contribution in [3.8, 4) is 0 Å². The van der Waals surface area contributed by atoms with Gasteiger partial charge in [-0.05, 0) is 44.8 Å². The minimum absolute atomic E-state index is 0.0477. The molecule has 0 bridgehead atoms. The average molecular weight is 253 g/mol. The number of likely N-dealkylation sites (N-methyl/N-ethyl adjacent to an activating group) is 2. The van der Waals surface area contributed by atoms with E-state index in [0.717, 1.165) is 26.1 Å². The standard InChI is InChI=1S/C14H27N3O/c1-4-17-9-5-6-12(17)10-16(3)14(18)13-11(2)7-8-15-13/h11-13,15H,4-10H2,1-3H3. The van der Waals surface area contributed by atoms with E-state index in [0.29, 0.717) is 12.0 Å². The van der Waals surface area contributed by atoms with E-state index in [2.05, 4.69) is 24.1 Å². The zero-order valence-corrected chi connectivity index (χ0v) is 12.0. The smallest absolute Gasteiger partial charge is 0.239 e. The van der Waals surface area contributed by atoms with E-state index in [4.69, 9.17) is 0 Å². The predicted octanol–water partition coefficient (Wildman–Crippen LogP) is 0.927. The first-order valence-electron chi connectivity index (χ1n) is 7.36. The number of hydrogen-bond donors (Lipinski definition) is 1. The SMILES string of the molecule is CCN1CCCC1CN(C)C(=O)C1NCCC1C. The zero-order valence-electron chi connectivity index (χ0n) is 12.0. The molecule has 0 spiro atoms. The van der Waals surface area contributed by atoms with Crippen molar-refractivity contribution in [2.45, 2.75) is 45.2 Å². The molecule has 0 saturated carbocycles. The third-order valence-corrected chi connectivity index (χ3v) is 4.57. The Kier molecular flexibility index (Phi) is 4.62. The van der Waals surface area contributed by atoms with Gasteiger partial charge in [-0.2, -0.15) is 0 Å². The summed E-state index contributed by atoms with van der Waals surface area (Å²) in [5, 5.41) is 3.33. The molecule has 3 unspecified atom stereocenters. The maximum absolute atomic E-state index is 12.4. The van der Waals surface area contributed by atoms with Gasteiger partial charge in [-0.3, -0.25) is 9.69 Å². The van der Waals surface area contributed by atoms with E-state index >= 15 is 0 Å². The van der Waals surface area contributed by atoms with Crippen LogP contribution in [0.2, 0.25) is 0 Å². The van der Waals surface area contributed by atoms with E-state index < -0.39 is 0 Å². The zero-order chi connectivity index (χ0) is 13.1. The average Bonchev–Trinajstić information content (AvgIpc) is 2.96. The highest BCUT2D eigenvalue weighted by Crippen LogP contribution is 2.20. The van der Waals surface area contributed by atoms with Crippen molar-refractivity contribution in [1.82, 2.24) is 15.1 Å². The first-order chi connectivity index (χ1) is 8.63. The van der Waals surface area contributed by atoms with Crippen LogP contribution in [0.3, 0.4) is 0 Å². The van der Waals surface area contributed by atoms with Crippen molar-refractivity contribution in [3.05, 3.63) is 0 Å². The van der Waals surface area contributed by atoms with E-state index in [-0.39, 0.29) is 11.9 Å². The summed E-state index contributed by atoms with van der Waals surface area (Å²) >= 11 is 0. The van der Waals surface area contributed by atoms with Gasteiger partial charge in [0, 0.05) is 19.6 Å². The lowest BCUT2D eigenvalue weighted by atomic mass is 10.0. The molecular formula is C14H27N3O. The Bertz CT molecular complexity index is 295. The molecule has 2 rings (SSSR count). The monoisotopic (exact) mass is 253 g/mol. The number of rotatable bonds is 4. The van der Waals surface area contributed by atoms with Crippen LogP contribution in [0, 0.1) is 5.92 Å². The van der Waals surface area contributed by atoms with Gasteiger partial charge in [-0.25, -0.2) is 0 Å². The summed E-state index contributed by atoms with van der Waals surface area (Å²) in [5.74, 6) is 0.758. The lowest BCUT2D eigenvalue weighted by molar-refractivity contribution is -0.133. The van der Waals surface area contributed by atoms with Crippen molar-refractivity contribution in [2.24, 2.45) is 5.92 Å². The normalized spacial score (nSPS) is 32.9. The van der Waals surface area contributed by atoms with Gasteiger partial charge in [-0.1, -0.05) is 13.8 Å². The van der Waals surface area contributed by atoms with Gasteiger partial charge < -0.3 is 10.2 Å². The largest absolute Gasteiger partial charge is 0.343 e. The molecule has 0 radical (unpaired) electrons. The molecule has 0 aromatic heterocycles. The Balaban J connectivity index is 1.87. The fraction of sp³-hybridized carbons (Fsp3) is 0.929. The van der Waals surface area contributed by atoms with Crippen LogP contribution in [0.5, 0.6) is 0 Å². The maximum atomic E-state index is 12.4. The van der Waals surface area contributed by atoms with Crippen LogP contribution in [0.1, 0.15) is 33.1 Å². The quantitative estimate of drug-likeness (QED) is 0.809. The molecular weight excluding hydrogens is 226 g/mol. The van der Waals surface area contributed by atoms with Gasteiger partial charge in [0.1, 0.15) is 0 Å². The van der Waals surface area contributed by atoms with Crippen molar-refractivity contribution < 1.29 is 4.79 Å². The molecule has 0 aromatic rings. The second-order valence-corrected chi connectivity index (χ2v) is 5.84. The van der Waals surface area contributed by atoms with Gasteiger partial charge in [0.05, 0.1) is 6.04 Å². The topological polar surface area (TPSA) is 35.6 Å². The molecule has 18 heavy (non-hydrogen) atoms. The third-order valence-electron chi connectivity index (χ3n) is 4.57. The molecule has 0 aromatic carbocycles. The Morgan fingerprint density at radius 1 is 1.44 bits per heavy atom. The van der Waals surface area contributed by atoms with Crippen molar-refractivity contribution >= 4 is 5.91 Å². The molecule has 4 heteroatoms. The number of carbonyl (C=O) groups excluding carboxylic acids is 1. The lowest BCUT2D eigenvalue weighted by Crippen LogP contribution is -2.48. The van der Waals surface area contributed by atoms with Crippen LogP contribution in [-0.2, 0) is 4.79 Å². The summed E-state index contributed by atoms with van der Waals surface area (Å²) in [6.45, 7) is 8.55. The molecule has 2 saturated heterocycles. The fourth-order valence-electron chi connectivity index (χ4n) is 3.33. The van der Waals surface area contributed by atoms with Crippen molar-refractivity contribution in [2.75, 3.05) is 33.2 Å². The summed E-state index contributed by atoms with van der Waals surface area (Å²) in [6.07, 6.45) is 3.63. The number of carbonyl (C=O) groups is 1. The minimum Gasteiger partial charge on any atom is -0.343 e. The van der Waals surface area contributed by atoms with Crippen LogP contribution in [0.25, 0.3) is 0 Å². The highest BCUT2D eigenvalue weighted by atomic mass is 16.2. The summed E-state index contributed by atoms with van der Waals surface area (Å²) < 4.78 is 0. The van der Waals surface area contributed by atoms with E-state index in [1.807, 2.05) is 11.9 Å². The van der Waals surface area contributed by atoms with Crippen molar-refractivity contribution in [1.29, 1.82) is 0 Å². The molecule has 4 nitrogen and oxygen atoms in total. The van der Waals surface area contributed by atoms with Gasteiger partial charge >= 0.3 is 0 Å². The highest BCUT2D eigenvalue weighted by Gasteiger charge is 2.33. The summed E-state index contributed by atoms with van der Waals surface area (Å²) in [5.41, 5.74) is 0. The summed E-state index contributed by atoms with van der Waals surface area (Å²) in [6, 6.07) is 0.618. The molecule has 2 fully saturated rings. The first-order valence-corrected chi connectivity index (χ1v) is 7.36. The minimum atomic E-state index is 0.0477. The molecule has 2 heterocycles. The molecule has 104 valence electrons. The second-order valence-electron chi connectivity index (χ2n) is 5.84. The van der Waals surface area contributed by atoms with E-state index in [1.54, 1.807) is 0 Å². The lowest BCUT2D eigenvalue weighted by Gasteiger charge is -2.30. The molecule has 2 aliphatic rings. The first kappa shape index (κ1) is 13.8. The molecule has 1 amide bonds. The van der Waals surface area contributed by atoms with Crippen molar-refractivity contribution in [3.63, 3.8) is 0 Å². The summed E-state index contributed by atoms with van der Waals surface area (Å²) in [7, 11) is 1.96. The molecule has 0 aliphatic carbocycles. The van der Waals surface area contributed by atoms with Gasteiger partial charge in [0.25, 0.3) is 0 Å². The highest BCUT2D eigenvalue weighted by molar-refractivity contribution is 5.82. The van der Waals surface area contributed by atoms with Crippen LogP contribution >= 0.6 is 0 Å². The maximum Gasteiger partial charge on any atom is 0.239 e. The predicted molar refractivity (Wildman–Crippen MR) is 73.5 cm³/mol. The van der Waals surface area contributed by atoms with Crippen LogP contribution in [0.4, 0.5) is 0 Å². The number of amides is 1. The van der Waals surface area contributed by atoms with Crippen LogP contribution in [0.15, 0.2) is 0 Å². The van der Waals surface area contributed by atoms with Crippen LogP contribution in [-0.4, -0.2) is 61.0 Å². The number of likely N-dealkylation sites (tertiary alicyclic amines) is 1. The Labute approximate surface area is 111 Å². The third kappa shape index (κ3) is 2.86. The van der Waals surface area contributed by atoms with Crippen LogP contribution < -0.4 is 5.32 Å². The number of nitrogens with zero attached hydrogens (tertiary/aromatic N) is 2. The Morgan fingerprint density at radius 3 is 2.83 bits per heavy atom.